The van der Waals surface area contributed by atoms with Gasteiger partial charge in [0.1, 0.15) is 0 Å². The molecule has 15 heavy (non-hydrogen) atoms. The van der Waals surface area contributed by atoms with E-state index in [1.54, 1.807) is 13.2 Å². The standard InChI is InChI=1S/C9H16N2OS.C2H6/c1-11-7(5-8(10)13)9(12-2)6-3-4-6;1-2/h5-6,9,11H,3-4H2,1-2H3,(H2,10,13);1-2H3/b7-5-;. The second-order valence-electron chi connectivity index (χ2n) is 3.25. The monoisotopic (exact) mass is 230 g/mol. The first-order valence-corrected chi connectivity index (χ1v) is 5.81. The lowest BCUT2D eigenvalue weighted by atomic mass is 10.1. The Bertz CT molecular complexity index is 225. The van der Waals surface area contributed by atoms with Crippen molar-refractivity contribution in [3.63, 3.8) is 0 Å². The zero-order valence-corrected chi connectivity index (χ0v) is 10.9. The van der Waals surface area contributed by atoms with Crippen LogP contribution in [-0.2, 0) is 4.74 Å². The lowest BCUT2D eigenvalue weighted by Crippen LogP contribution is -2.26. The molecule has 0 aromatic heterocycles. The van der Waals surface area contributed by atoms with Crippen molar-refractivity contribution < 1.29 is 4.74 Å². The van der Waals surface area contributed by atoms with E-state index >= 15 is 0 Å². The Kier molecular flexibility index (Phi) is 7.34. The molecule has 0 aliphatic heterocycles. The molecule has 4 heteroatoms. The molecule has 1 rings (SSSR count). The van der Waals surface area contributed by atoms with Crippen molar-refractivity contribution in [2.45, 2.75) is 32.8 Å². The van der Waals surface area contributed by atoms with Crippen LogP contribution in [0.3, 0.4) is 0 Å². The summed E-state index contributed by atoms with van der Waals surface area (Å²) in [5.41, 5.74) is 6.43. The quantitative estimate of drug-likeness (QED) is 0.559. The van der Waals surface area contributed by atoms with Gasteiger partial charge in [-0.2, -0.15) is 0 Å². The highest BCUT2D eigenvalue weighted by molar-refractivity contribution is 7.80. The van der Waals surface area contributed by atoms with Crippen LogP contribution in [0.5, 0.6) is 0 Å². The van der Waals surface area contributed by atoms with Crippen molar-refractivity contribution in [1.82, 2.24) is 5.32 Å². The summed E-state index contributed by atoms with van der Waals surface area (Å²) in [5, 5.41) is 3.07. The van der Waals surface area contributed by atoms with Crippen LogP contribution in [0, 0.1) is 5.92 Å². The molecule has 0 aromatic carbocycles. The lowest BCUT2D eigenvalue weighted by Gasteiger charge is -2.18. The molecule has 88 valence electrons. The smallest absolute Gasteiger partial charge is 0.0994 e. The number of ether oxygens (including phenoxy) is 1. The average molecular weight is 230 g/mol. The van der Waals surface area contributed by atoms with Crippen LogP contribution in [0.15, 0.2) is 11.8 Å². The maximum atomic E-state index is 5.44. The van der Waals surface area contributed by atoms with Gasteiger partial charge in [0, 0.05) is 19.9 Å². The first kappa shape index (κ1) is 14.4. The normalized spacial score (nSPS) is 17.5. The number of hydrogen-bond donors (Lipinski definition) is 2. The van der Waals surface area contributed by atoms with E-state index in [4.69, 9.17) is 22.7 Å². The zero-order chi connectivity index (χ0) is 11.8. The summed E-state index contributed by atoms with van der Waals surface area (Å²) >= 11 is 4.82. The minimum Gasteiger partial charge on any atom is -0.390 e. The van der Waals surface area contributed by atoms with Crippen molar-refractivity contribution in [3.05, 3.63) is 11.8 Å². The number of thiocarbonyl (C=S) groups is 1. The molecule has 3 nitrogen and oxygen atoms in total. The van der Waals surface area contributed by atoms with Gasteiger partial charge in [-0.05, 0) is 24.8 Å². The van der Waals surface area contributed by atoms with Gasteiger partial charge in [0.25, 0.3) is 0 Å². The molecule has 1 unspecified atom stereocenters. The highest BCUT2D eigenvalue weighted by Gasteiger charge is 2.33. The van der Waals surface area contributed by atoms with Crippen LogP contribution in [0.25, 0.3) is 0 Å². The van der Waals surface area contributed by atoms with Gasteiger partial charge >= 0.3 is 0 Å². The predicted molar refractivity (Wildman–Crippen MR) is 68.8 cm³/mol. The zero-order valence-electron chi connectivity index (χ0n) is 10.0. The van der Waals surface area contributed by atoms with E-state index in [9.17, 15) is 0 Å². The Hall–Kier alpha value is -0.610. The molecule has 1 atom stereocenters. The Morgan fingerprint density at radius 3 is 2.33 bits per heavy atom. The number of methoxy groups -OCH3 is 1. The SMILES string of the molecule is CC.CN/C(=C\C(N)=S)C(OC)C1CC1. The van der Waals surface area contributed by atoms with Gasteiger partial charge in [0.05, 0.1) is 11.1 Å². The highest BCUT2D eigenvalue weighted by Crippen LogP contribution is 2.36. The second kappa shape index (κ2) is 7.65. The maximum Gasteiger partial charge on any atom is 0.0994 e. The third-order valence-electron chi connectivity index (χ3n) is 2.20. The molecule has 1 aliphatic rings. The summed E-state index contributed by atoms with van der Waals surface area (Å²) in [7, 11) is 3.58. The maximum absolute atomic E-state index is 5.44. The Morgan fingerprint density at radius 1 is 1.53 bits per heavy atom. The van der Waals surface area contributed by atoms with Crippen molar-refractivity contribution in [3.8, 4) is 0 Å². The largest absolute Gasteiger partial charge is 0.390 e. The third-order valence-corrected chi connectivity index (χ3v) is 2.31. The summed E-state index contributed by atoms with van der Waals surface area (Å²) in [6.07, 6.45) is 4.36. The van der Waals surface area contributed by atoms with Gasteiger partial charge in [-0.25, -0.2) is 0 Å². The summed E-state index contributed by atoms with van der Waals surface area (Å²) in [6.45, 7) is 4.00. The van der Waals surface area contributed by atoms with E-state index in [1.165, 1.54) is 12.8 Å². The molecule has 0 spiro atoms. The van der Waals surface area contributed by atoms with Crippen LogP contribution in [0.1, 0.15) is 26.7 Å². The molecule has 0 saturated heterocycles. The molecule has 0 heterocycles. The van der Waals surface area contributed by atoms with Crippen LogP contribution in [0.2, 0.25) is 0 Å². The van der Waals surface area contributed by atoms with E-state index in [-0.39, 0.29) is 6.10 Å². The van der Waals surface area contributed by atoms with Gasteiger partial charge in [0.15, 0.2) is 0 Å². The number of rotatable bonds is 5. The highest BCUT2D eigenvalue weighted by atomic mass is 32.1. The Morgan fingerprint density at radius 2 is 2.07 bits per heavy atom. The molecule has 1 aliphatic carbocycles. The molecule has 0 aromatic rings. The lowest BCUT2D eigenvalue weighted by molar-refractivity contribution is 0.109. The van der Waals surface area contributed by atoms with E-state index < -0.39 is 0 Å². The molecular formula is C11H22N2OS. The van der Waals surface area contributed by atoms with Gasteiger partial charge in [-0.3, -0.25) is 0 Å². The molecular weight excluding hydrogens is 208 g/mol. The van der Waals surface area contributed by atoms with Gasteiger partial charge in [-0.15, -0.1) is 0 Å². The van der Waals surface area contributed by atoms with Gasteiger partial charge in [-0.1, -0.05) is 26.1 Å². The first-order chi connectivity index (χ1) is 7.19. The number of nitrogens with two attached hydrogens (primary N) is 1. The fourth-order valence-electron chi connectivity index (χ4n) is 1.42. The van der Waals surface area contributed by atoms with Crippen molar-refractivity contribution in [2.75, 3.05) is 14.2 Å². The summed E-state index contributed by atoms with van der Waals surface area (Å²) < 4.78 is 5.38. The van der Waals surface area contributed by atoms with Crippen molar-refractivity contribution in [2.24, 2.45) is 11.7 Å². The van der Waals surface area contributed by atoms with Gasteiger partial charge in [0.2, 0.25) is 0 Å². The molecule has 1 fully saturated rings. The average Bonchev–Trinajstić information content (AvgIpc) is 3.04. The Balaban J connectivity index is 0.000000921. The Labute approximate surface area is 98.1 Å². The van der Waals surface area contributed by atoms with Crippen molar-refractivity contribution >= 4 is 17.2 Å². The van der Waals surface area contributed by atoms with Crippen LogP contribution < -0.4 is 11.1 Å². The first-order valence-electron chi connectivity index (χ1n) is 5.40. The fraction of sp³-hybridized carbons (Fsp3) is 0.727. The third kappa shape index (κ3) is 5.14. The summed E-state index contributed by atoms with van der Waals surface area (Å²) in [6, 6.07) is 0. The minimum absolute atomic E-state index is 0.131. The number of likely N-dealkylation sites (N-methyl/N-ethyl adjacent to an activating group) is 1. The topological polar surface area (TPSA) is 47.3 Å². The van der Waals surface area contributed by atoms with E-state index in [0.717, 1.165) is 5.70 Å². The number of hydrogen-bond acceptors (Lipinski definition) is 3. The molecule has 0 radical (unpaired) electrons. The summed E-state index contributed by atoms with van der Waals surface area (Å²) in [4.78, 5) is 0.395. The second-order valence-corrected chi connectivity index (χ2v) is 3.72. The summed E-state index contributed by atoms with van der Waals surface area (Å²) in [5.74, 6) is 0.637. The van der Waals surface area contributed by atoms with E-state index in [1.807, 2.05) is 20.9 Å². The predicted octanol–water partition coefficient (Wildman–Crippen LogP) is 1.83. The molecule has 3 N–H and O–H groups in total. The molecule has 1 saturated carbocycles. The molecule has 0 bridgehead atoms. The van der Waals surface area contributed by atoms with Crippen LogP contribution >= 0.6 is 12.2 Å². The molecule has 0 amide bonds. The van der Waals surface area contributed by atoms with Crippen molar-refractivity contribution in [1.29, 1.82) is 0 Å². The van der Waals surface area contributed by atoms with E-state index in [2.05, 4.69) is 5.32 Å². The van der Waals surface area contributed by atoms with Gasteiger partial charge < -0.3 is 15.8 Å². The van der Waals surface area contributed by atoms with Crippen LogP contribution in [-0.4, -0.2) is 25.2 Å². The fourth-order valence-corrected chi connectivity index (χ4v) is 1.55. The van der Waals surface area contributed by atoms with Crippen LogP contribution in [0.4, 0.5) is 0 Å². The number of nitrogens with one attached hydrogen (secondary N) is 1. The minimum atomic E-state index is 0.131. The van der Waals surface area contributed by atoms with E-state index in [0.29, 0.717) is 10.9 Å².